The van der Waals surface area contributed by atoms with Gasteiger partial charge in [-0.05, 0) is 61.9 Å². The molecule has 9 heteroatoms. The molecule has 0 spiro atoms. The van der Waals surface area contributed by atoms with Crippen LogP contribution in [0.3, 0.4) is 0 Å². The average Bonchev–Trinajstić information content (AvgIpc) is 2.98. The zero-order chi connectivity index (χ0) is 27.5. The number of methoxy groups -OCH3 is 2. The molecule has 3 aliphatic rings. The van der Waals surface area contributed by atoms with Crippen LogP contribution in [0, 0.1) is 11.8 Å². The Morgan fingerprint density at radius 3 is 2.41 bits per heavy atom. The number of hydrazone groups is 1. The zero-order valence-corrected chi connectivity index (χ0v) is 23.4. The molecule has 8 nitrogen and oxygen atoms in total. The Morgan fingerprint density at radius 1 is 1.03 bits per heavy atom. The first-order valence-corrected chi connectivity index (χ1v) is 14.2. The fraction of sp³-hybridized carbons (Fsp3) is 0.500. The second kappa shape index (κ2) is 12.0. The van der Waals surface area contributed by atoms with Gasteiger partial charge in [0.2, 0.25) is 11.8 Å². The van der Waals surface area contributed by atoms with Gasteiger partial charge >= 0.3 is 0 Å². The molecule has 0 unspecified atom stereocenters. The molecule has 2 aromatic rings. The molecule has 2 fully saturated rings. The van der Waals surface area contributed by atoms with Crippen LogP contribution < -0.4 is 15.2 Å². The van der Waals surface area contributed by atoms with E-state index in [9.17, 15) is 9.59 Å². The van der Waals surface area contributed by atoms with Gasteiger partial charge in [0, 0.05) is 35.5 Å². The van der Waals surface area contributed by atoms with Crippen molar-refractivity contribution in [2.45, 2.75) is 57.0 Å². The van der Waals surface area contributed by atoms with E-state index in [1.807, 2.05) is 47.4 Å². The number of likely N-dealkylation sites (tertiary alicyclic amines) is 1. The van der Waals surface area contributed by atoms with Crippen molar-refractivity contribution in [3.8, 4) is 11.5 Å². The lowest BCUT2D eigenvalue weighted by Gasteiger charge is -2.43. The lowest BCUT2D eigenvalue weighted by molar-refractivity contribution is -0.143. The second-order valence-corrected chi connectivity index (χ2v) is 11.1. The minimum Gasteiger partial charge on any atom is -0.493 e. The van der Waals surface area contributed by atoms with E-state index in [0.717, 1.165) is 42.5 Å². The molecular weight excluding hydrogens is 516 g/mol. The number of fused-ring (bicyclic) bond motifs is 1. The third kappa shape index (κ3) is 5.63. The van der Waals surface area contributed by atoms with Crippen LogP contribution in [0.4, 0.5) is 0 Å². The highest BCUT2D eigenvalue weighted by Gasteiger charge is 2.44. The minimum absolute atomic E-state index is 0.0561. The van der Waals surface area contributed by atoms with Gasteiger partial charge in [0.1, 0.15) is 0 Å². The van der Waals surface area contributed by atoms with Crippen LogP contribution in [0.2, 0.25) is 5.02 Å². The van der Waals surface area contributed by atoms with Crippen LogP contribution >= 0.6 is 11.6 Å². The van der Waals surface area contributed by atoms with Crippen LogP contribution in [0.1, 0.15) is 49.7 Å². The minimum atomic E-state index is -0.657. The van der Waals surface area contributed by atoms with E-state index < -0.39 is 6.04 Å². The van der Waals surface area contributed by atoms with E-state index in [-0.39, 0.29) is 29.7 Å². The lowest BCUT2D eigenvalue weighted by atomic mass is 9.73. The molecule has 1 aliphatic carbocycles. The number of halogens is 1. The molecule has 2 heterocycles. The molecule has 0 radical (unpaired) electrons. The van der Waals surface area contributed by atoms with Crippen molar-refractivity contribution in [2.75, 3.05) is 27.3 Å². The van der Waals surface area contributed by atoms with Crippen molar-refractivity contribution in [1.82, 2.24) is 9.91 Å². The van der Waals surface area contributed by atoms with Gasteiger partial charge in [-0.1, -0.05) is 42.6 Å². The fourth-order valence-electron chi connectivity index (χ4n) is 6.25. The number of nitrogens with zero attached hydrogens (tertiary/aromatic N) is 3. The highest BCUT2D eigenvalue weighted by Crippen LogP contribution is 2.40. The Bertz CT molecular complexity index is 1240. The van der Waals surface area contributed by atoms with Gasteiger partial charge in [0.15, 0.2) is 11.5 Å². The molecule has 5 rings (SSSR count). The molecule has 2 aliphatic heterocycles. The first-order chi connectivity index (χ1) is 18.9. The summed E-state index contributed by atoms with van der Waals surface area (Å²) < 4.78 is 11.0. The number of hydrogen-bond acceptors (Lipinski definition) is 6. The van der Waals surface area contributed by atoms with Gasteiger partial charge in [-0.3, -0.25) is 9.59 Å². The Balaban J connectivity index is 1.32. The van der Waals surface area contributed by atoms with Crippen molar-refractivity contribution < 1.29 is 19.1 Å². The summed E-state index contributed by atoms with van der Waals surface area (Å²) in [7, 11) is 3.24. The number of carbonyl (C=O) groups excluding carboxylic acids is 2. The van der Waals surface area contributed by atoms with E-state index in [1.165, 1.54) is 0 Å². The molecule has 2 amide bonds. The molecule has 2 N–H and O–H groups in total. The Labute approximate surface area is 235 Å². The van der Waals surface area contributed by atoms with Crippen LogP contribution in [0.5, 0.6) is 11.5 Å². The number of rotatable bonds is 7. The maximum absolute atomic E-state index is 13.7. The largest absolute Gasteiger partial charge is 0.493 e. The van der Waals surface area contributed by atoms with Crippen LogP contribution in [-0.2, 0) is 16.0 Å². The molecule has 0 aromatic heterocycles. The molecule has 1 saturated heterocycles. The van der Waals surface area contributed by atoms with Gasteiger partial charge in [0.25, 0.3) is 0 Å². The van der Waals surface area contributed by atoms with Crippen molar-refractivity contribution in [2.24, 2.45) is 22.7 Å². The van der Waals surface area contributed by atoms with Crippen molar-refractivity contribution in [3.05, 3.63) is 58.6 Å². The molecule has 208 valence electrons. The summed E-state index contributed by atoms with van der Waals surface area (Å²) in [5, 5.41) is 7.35. The number of piperidine rings is 1. The number of carbonyl (C=O) groups is 2. The number of ether oxygens (including phenoxy) is 2. The molecule has 39 heavy (non-hydrogen) atoms. The van der Waals surface area contributed by atoms with Crippen molar-refractivity contribution in [3.63, 3.8) is 0 Å². The van der Waals surface area contributed by atoms with Crippen LogP contribution in [-0.4, -0.2) is 66.8 Å². The zero-order valence-electron chi connectivity index (χ0n) is 22.6. The predicted octanol–water partition coefficient (Wildman–Crippen LogP) is 4.27. The van der Waals surface area contributed by atoms with E-state index in [2.05, 4.69) is 0 Å². The quantitative estimate of drug-likeness (QED) is 0.553. The molecular formula is C30H37ClN4O4. The summed E-state index contributed by atoms with van der Waals surface area (Å²) >= 11 is 6.27. The van der Waals surface area contributed by atoms with E-state index >= 15 is 0 Å². The van der Waals surface area contributed by atoms with Gasteiger partial charge in [-0.15, -0.1) is 0 Å². The van der Waals surface area contributed by atoms with Gasteiger partial charge in [-0.25, -0.2) is 5.01 Å². The Kier molecular flexibility index (Phi) is 8.43. The molecule has 3 atom stereocenters. The van der Waals surface area contributed by atoms with Crippen LogP contribution in [0.25, 0.3) is 0 Å². The van der Waals surface area contributed by atoms with E-state index in [0.29, 0.717) is 48.9 Å². The summed E-state index contributed by atoms with van der Waals surface area (Å²) in [5.74, 6) is 1.38. The summed E-state index contributed by atoms with van der Waals surface area (Å²) in [5.41, 5.74) is 9.07. The fourth-order valence-corrected chi connectivity index (χ4v) is 6.46. The first-order valence-electron chi connectivity index (χ1n) is 13.8. The highest BCUT2D eigenvalue weighted by molar-refractivity contribution is 6.31. The van der Waals surface area contributed by atoms with Gasteiger partial charge < -0.3 is 20.1 Å². The first kappa shape index (κ1) is 27.5. The highest BCUT2D eigenvalue weighted by atomic mass is 35.5. The summed E-state index contributed by atoms with van der Waals surface area (Å²) in [6, 6.07) is 12.6. The smallest absolute Gasteiger partial charge is 0.246 e. The van der Waals surface area contributed by atoms with Crippen molar-refractivity contribution >= 4 is 29.1 Å². The van der Waals surface area contributed by atoms with Gasteiger partial charge in [0.05, 0.1) is 32.0 Å². The number of nitrogens with two attached hydrogens (primary N) is 1. The lowest BCUT2D eigenvalue weighted by Crippen LogP contribution is -2.54. The number of hydrogen-bond donors (Lipinski definition) is 1. The second-order valence-electron chi connectivity index (χ2n) is 10.7. The van der Waals surface area contributed by atoms with Crippen molar-refractivity contribution in [1.29, 1.82) is 0 Å². The number of benzene rings is 2. The average molecular weight is 553 g/mol. The predicted molar refractivity (Wildman–Crippen MR) is 151 cm³/mol. The third-order valence-electron chi connectivity index (χ3n) is 8.39. The SMILES string of the molecule is COc1ccc(C2=NN(C3CCN(C(=O)[C@H](N)Cc4ccccc4Cl)CC3)C(=O)[C@@H]3CCCC[C@H]23)cc1OC. The van der Waals surface area contributed by atoms with Gasteiger partial charge in [-0.2, -0.15) is 5.10 Å². The molecule has 1 saturated carbocycles. The van der Waals surface area contributed by atoms with Crippen LogP contribution in [0.15, 0.2) is 47.6 Å². The van der Waals surface area contributed by atoms with E-state index in [1.54, 1.807) is 19.2 Å². The summed E-state index contributed by atoms with van der Waals surface area (Å²) in [4.78, 5) is 28.6. The maximum atomic E-state index is 13.7. The molecule has 2 aromatic carbocycles. The Morgan fingerprint density at radius 2 is 1.72 bits per heavy atom. The number of amides is 2. The maximum Gasteiger partial charge on any atom is 0.246 e. The third-order valence-corrected chi connectivity index (χ3v) is 8.76. The topological polar surface area (TPSA) is 97.5 Å². The summed E-state index contributed by atoms with van der Waals surface area (Å²) in [6.45, 7) is 1.08. The monoisotopic (exact) mass is 552 g/mol. The summed E-state index contributed by atoms with van der Waals surface area (Å²) in [6.07, 6.45) is 5.69. The standard InChI is InChI=1S/C30H37ClN4O4/c1-38-26-12-11-20(18-27(26)39-2)28-22-8-4-5-9-23(22)29(36)35(33-28)21-13-15-34(16-14-21)30(37)25(32)17-19-7-3-6-10-24(19)31/h3,6-7,10-12,18,21-23,25H,4-5,8-9,13-17,32H2,1-2H3/t22-,23+,25+/m0/s1. The Hall–Kier alpha value is -3.10. The van der Waals surface area contributed by atoms with E-state index in [4.69, 9.17) is 31.9 Å². The normalized spacial score (nSPS) is 22.7. The molecule has 0 bridgehead atoms.